The van der Waals surface area contributed by atoms with Gasteiger partial charge in [0, 0.05) is 17.6 Å². The first-order valence-electron chi connectivity index (χ1n) is 9.42. The highest BCUT2D eigenvalue weighted by Gasteiger charge is 2.28. The summed E-state index contributed by atoms with van der Waals surface area (Å²) in [4.78, 5) is 8.61. The highest BCUT2D eigenvalue weighted by Crippen LogP contribution is 2.32. The molecule has 4 rings (SSSR count). The van der Waals surface area contributed by atoms with Gasteiger partial charge in [0.15, 0.2) is 26.5 Å². The maximum absolute atomic E-state index is 11.5. The lowest BCUT2D eigenvalue weighted by molar-refractivity contribution is 0.0489. The fourth-order valence-electron chi connectivity index (χ4n) is 2.96. The lowest BCUT2D eigenvalue weighted by atomic mass is 10.3. The Kier molecular flexibility index (Phi) is 6.46. The molecule has 1 saturated heterocycles. The molecule has 0 amide bonds. The van der Waals surface area contributed by atoms with E-state index in [0.29, 0.717) is 34.6 Å². The SMILES string of the molecule is O=S1(=O)CCC(OCCOc2cc(Oc3ccccc3)cnc2Nc2nccs2)C1. The Morgan fingerprint density at radius 1 is 1.13 bits per heavy atom. The average molecular weight is 448 g/mol. The third kappa shape index (κ3) is 5.68. The Balaban J connectivity index is 1.41. The van der Waals surface area contributed by atoms with Crippen LogP contribution in [-0.2, 0) is 14.6 Å². The van der Waals surface area contributed by atoms with Crippen LogP contribution < -0.4 is 14.8 Å². The first-order chi connectivity index (χ1) is 14.6. The number of rotatable bonds is 9. The molecule has 2 aromatic heterocycles. The van der Waals surface area contributed by atoms with Gasteiger partial charge >= 0.3 is 0 Å². The predicted octanol–water partition coefficient (Wildman–Crippen LogP) is 3.66. The molecule has 3 heterocycles. The van der Waals surface area contributed by atoms with Crippen LogP contribution in [-0.4, -0.2) is 49.2 Å². The summed E-state index contributed by atoms with van der Waals surface area (Å²) in [5.74, 6) is 2.48. The van der Waals surface area contributed by atoms with Crippen molar-refractivity contribution in [2.24, 2.45) is 0 Å². The summed E-state index contributed by atoms with van der Waals surface area (Å²) in [5.41, 5.74) is 0. The van der Waals surface area contributed by atoms with E-state index >= 15 is 0 Å². The maximum atomic E-state index is 11.5. The van der Waals surface area contributed by atoms with Gasteiger partial charge in [-0.15, -0.1) is 11.3 Å². The van der Waals surface area contributed by atoms with Crippen LogP contribution in [0.25, 0.3) is 0 Å². The summed E-state index contributed by atoms with van der Waals surface area (Å²) >= 11 is 1.45. The van der Waals surface area contributed by atoms with Gasteiger partial charge < -0.3 is 19.5 Å². The lowest BCUT2D eigenvalue weighted by Crippen LogP contribution is -2.18. The molecule has 8 nitrogen and oxygen atoms in total. The van der Waals surface area contributed by atoms with E-state index in [4.69, 9.17) is 14.2 Å². The van der Waals surface area contributed by atoms with Gasteiger partial charge in [-0.05, 0) is 18.6 Å². The van der Waals surface area contributed by atoms with Crippen LogP contribution in [0.4, 0.5) is 10.9 Å². The molecule has 0 saturated carbocycles. The summed E-state index contributed by atoms with van der Waals surface area (Å²) in [6, 6.07) is 11.1. The molecule has 1 aliphatic rings. The number of para-hydroxylation sites is 1. The summed E-state index contributed by atoms with van der Waals surface area (Å²) in [5, 5.41) is 5.68. The van der Waals surface area contributed by atoms with Crippen molar-refractivity contribution in [2.45, 2.75) is 12.5 Å². The smallest absolute Gasteiger partial charge is 0.188 e. The minimum atomic E-state index is -2.96. The molecule has 1 aromatic carbocycles. The third-order valence-corrected chi connectivity index (χ3v) is 6.78. The third-order valence-electron chi connectivity index (χ3n) is 4.35. The predicted molar refractivity (Wildman–Crippen MR) is 115 cm³/mol. The van der Waals surface area contributed by atoms with Crippen LogP contribution in [0.15, 0.2) is 54.2 Å². The van der Waals surface area contributed by atoms with E-state index in [1.54, 1.807) is 18.5 Å². The number of hydrogen-bond acceptors (Lipinski definition) is 9. The molecule has 30 heavy (non-hydrogen) atoms. The number of thiazole rings is 1. The monoisotopic (exact) mass is 447 g/mol. The van der Waals surface area contributed by atoms with Crippen LogP contribution in [0.1, 0.15) is 6.42 Å². The number of nitrogens with zero attached hydrogens (tertiary/aromatic N) is 2. The van der Waals surface area contributed by atoms with Crippen LogP contribution in [0.3, 0.4) is 0 Å². The number of ether oxygens (including phenoxy) is 3. The van der Waals surface area contributed by atoms with Crippen LogP contribution in [0.2, 0.25) is 0 Å². The quantitative estimate of drug-likeness (QED) is 0.496. The van der Waals surface area contributed by atoms with Crippen molar-refractivity contribution in [1.29, 1.82) is 0 Å². The van der Waals surface area contributed by atoms with Crippen LogP contribution in [0, 0.1) is 0 Å². The number of sulfone groups is 1. The lowest BCUT2D eigenvalue weighted by Gasteiger charge is -2.14. The van der Waals surface area contributed by atoms with E-state index in [1.807, 2.05) is 35.7 Å². The minimum Gasteiger partial charge on any atom is -0.487 e. The van der Waals surface area contributed by atoms with E-state index in [9.17, 15) is 8.42 Å². The Morgan fingerprint density at radius 3 is 2.73 bits per heavy atom. The van der Waals surface area contributed by atoms with Crippen molar-refractivity contribution < 1.29 is 22.6 Å². The van der Waals surface area contributed by atoms with Crippen molar-refractivity contribution in [3.63, 3.8) is 0 Å². The van der Waals surface area contributed by atoms with Crippen molar-refractivity contribution >= 4 is 32.1 Å². The molecule has 158 valence electrons. The number of pyridine rings is 1. The second kappa shape index (κ2) is 9.41. The summed E-state index contributed by atoms with van der Waals surface area (Å²) in [7, 11) is -2.96. The minimum absolute atomic E-state index is 0.0752. The Bertz CT molecular complexity index is 1060. The molecule has 0 spiro atoms. The van der Waals surface area contributed by atoms with Gasteiger partial charge in [-0.3, -0.25) is 0 Å². The van der Waals surface area contributed by atoms with Gasteiger partial charge in [0.1, 0.15) is 18.1 Å². The standard InChI is InChI=1S/C20H21N3O5S2/c24-30(25)11-6-16(14-30)26-8-9-27-18-12-17(28-15-4-2-1-3-5-15)13-22-19(18)23-20-21-7-10-29-20/h1-5,7,10,12-13,16H,6,8-9,11,14H2,(H,21,22,23). The zero-order chi connectivity index (χ0) is 20.8. The van der Waals surface area contributed by atoms with Crippen LogP contribution >= 0.6 is 11.3 Å². The molecule has 1 N–H and O–H groups in total. The van der Waals surface area contributed by atoms with E-state index in [-0.39, 0.29) is 30.8 Å². The molecule has 1 fully saturated rings. The van der Waals surface area contributed by atoms with Crippen LogP contribution in [0.5, 0.6) is 17.2 Å². The fourth-order valence-corrected chi connectivity index (χ4v) is 5.10. The second-order valence-electron chi connectivity index (χ2n) is 6.64. The molecular formula is C20H21N3O5S2. The number of aromatic nitrogens is 2. The van der Waals surface area contributed by atoms with Gasteiger partial charge in [-0.1, -0.05) is 18.2 Å². The van der Waals surface area contributed by atoms with Gasteiger partial charge in [-0.2, -0.15) is 0 Å². The number of benzene rings is 1. The largest absolute Gasteiger partial charge is 0.487 e. The molecule has 0 radical (unpaired) electrons. The van der Waals surface area contributed by atoms with Crippen molar-refractivity contribution in [2.75, 3.05) is 30.0 Å². The summed E-state index contributed by atoms with van der Waals surface area (Å²) < 4.78 is 40.4. The van der Waals surface area contributed by atoms with E-state index in [0.717, 1.165) is 0 Å². The van der Waals surface area contributed by atoms with Gasteiger partial charge in [0.05, 0.1) is 30.4 Å². The summed E-state index contributed by atoms with van der Waals surface area (Å²) in [6.07, 6.45) is 3.57. The molecule has 3 aromatic rings. The Hall–Kier alpha value is -2.69. The number of anilines is 2. The Labute approximate surface area is 178 Å². The fraction of sp³-hybridized carbons (Fsp3) is 0.300. The van der Waals surface area contributed by atoms with E-state index in [1.165, 1.54) is 11.3 Å². The van der Waals surface area contributed by atoms with Crippen molar-refractivity contribution in [1.82, 2.24) is 9.97 Å². The molecule has 1 atom stereocenters. The highest BCUT2D eigenvalue weighted by atomic mass is 32.2. The molecule has 0 aliphatic carbocycles. The molecule has 0 bridgehead atoms. The van der Waals surface area contributed by atoms with Gasteiger partial charge in [-0.25, -0.2) is 18.4 Å². The second-order valence-corrected chi connectivity index (χ2v) is 9.76. The topological polar surface area (TPSA) is 99.6 Å². The van der Waals surface area contributed by atoms with Gasteiger partial charge in [0.2, 0.25) is 0 Å². The highest BCUT2D eigenvalue weighted by molar-refractivity contribution is 7.91. The zero-order valence-electron chi connectivity index (χ0n) is 16.1. The van der Waals surface area contributed by atoms with E-state index < -0.39 is 9.84 Å². The summed E-state index contributed by atoms with van der Waals surface area (Å²) in [6.45, 7) is 0.528. The van der Waals surface area contributed by atoms with E-state index in [2.05, 4.69) is 15.3 Å². The number of hydrogen-bond donors (Lipinski definition) is 1. The van der Waals surface area contributed by atoms with Crippen molar-refractivity contribution in [3.8, 4) is 17.2 Å². The first-order valence-corrected chi connectivity index (χ1v) is 12.1. The zero-order valence-corrected chi connectivity index (χ0v) is 17.7. The van der Waals surface area contributed by atoms with Crippen molar-refractivity contribution in [3.05, 3.63) is 54.2 Å². The first kappa shape index (κ1) is 20.6. The molecule has 1 aliphatic heterocycles. The maximum Gasteiger partial charge on any atom is 0.188 e. The number of nitrogens with one attached hydrogen (secondary N) is 1. The molecule has 10 heteroatoms. The molecule has 1 unspecified atom stereocenters. The van der Waals surface area contributed by atoms with Gasteiger partial charge in [0.25, 0.3) is 0 Å². The average Bonchev–Trinajstić information content (AvgIpc) is 3.37. The normalized spacial score (nSPS) is 17.5. The Morgan fingerprint density at radius 2 is 2.00 bits per heavy atom. The molecular weight excluding hydrogens is 426 g/mol.